The second kappa shape index (κ2) is 14.2. The lowest BCUT2D eigenvalue weighted by Gasteiger charge is -2.29. The van der Waals surface area contributed by atoms with Crippen molar-refractivity contribution in [2.24, 2.45) is 0 Å². The summed E-state index contributed by atoms with van der Waals surface area (Å²) in [5.41, 5.74) is 5.40. The summed E-state index contributed by atoms with van der Waals surface area (Å²) in [5.74, 6) is 0.530. The van der Waals surface area contributed by atoms with E-state index in [1.807, 2.05) is 71.9 Å². The van der Waals surface area contributed by atoms with Crippen LogP contribution in [0.4, 0.5) is 9.59 Å². The molecule has 0 saturated carbocycles. The lowest BCUT2D eigenvalue weighted by atomic mass is 9.97. The molecule has 1 saturated heterocycles. The third kappa shape index (κ3) is 7.84. The maximum absolute atomic E-state index is 13.6. The third-order valence-corrected chi connectivity index (χ3v) is 8.41. The van der Waals surface area contributed by atoms with Crippen LogP contribution >= 0.6 is 0 Å². The van der Waals surface area contributed by atoms with Gasteiger partial charge in [-0.3, -0.25) is 9.67 Å². The van der Waals surface area contributed by atoms with Crippen LogP contribution in [-0.4, -0.2) is 86.8 Å². The minimum absolute atomic E-state index is 0.0169. The van der Waals surface area contributed by atoms with Gasteiger partial charge >= 0.3 is 12.2 Å². The summed E-state index contributed by atoms with van der Waals surface area (Å²) >= 11 is 0. The number of nitrogens with zero attached hydrogens (tertiary/aromatic N) is 5. The number of ether oxygens (including phenoxy) is 5. The standard InChI is InChI=1S/C37H46N6O7/c1-36(2,3)49-34(44)42-15-13-23(14-16-42)27-21-43(35(45)50-37(4,5)6)29-19-28(39-41-32(27)29)25-12-11-24(18-31(25)48-22-46-7)26-20-38-40-33(26)30-10-8-9-17-47-30/h11-13,18-21,30H,8-10,14-17,22H2,1-7H3,(H,38,40). The van der Waals surface area contributed by atoms with E-state index in [1.165, 1.54) is 4.57 Å². The van der Waals surface area contributed by atoms with E-state index in [0.29, 0.717) is 47.6 Å². The Bertz CT molecular complexity index is 1890. The van der Waals surface area contributed by atoms with Crippen LogP contribution < -0.4 is 4.74 Å². The monoisotopic (exact) mass is 686 g/mol. The lowest BCUT2D eigenvalue weighted by Crippen LogP contribution is -2.39. The van der Waals surface area contributed by atoms with Crippen molar-refractivity contribution in [3.8, 4) is 28.1 Å². The number of carbonyl (C=O) groups excluding carboxylic acids is 2. The molecule has 1 atom stereocenters. The van der Waals surface area contributed by atoms with Crippen LogP contribution in [-0.2, 0) is 18.9 Å². The number of amides is 1. The van der Waals surface area contributed by atoms with Gasteiger partial charge in [0.1, 0.15) is 22.5 Å². The van der Waals surface area contributed by atoms with Crippen molar-refractivity contribution in [3.05, 3.63) is 54.0 Å². The molecule has 0 radical (unpaired) electrons. The number of fused-ring (bicyclic) bond motifs is 1. The molecule has 1 N–H and O–H groups in total. The summed E-state index contributed by atoms with van der Waals surface area (Å²) in [6.45, 7) is 12.6. The Labute approximate surface area is 291 Å². The summed E-state index contributed by atoms with van der Waals surface area (Å²) in [5, 5.41) is 16.8. The molecule has 13 nitrogen and oxygen atoms in total. The Morgan fingerprint density at radius 1 is 0.980 bits per heavy atom. The van der Waals surface area contributed by atoms with Gasteiger partial charge in [0.25, 0.3) is 0 Å². The van der Waals surface area contributed by atoms with Crippen molar-refractivity contribution in [2.45, 2.75) is 84.5 Å². The fourth-order valence-corrected chi connectivity index (χ4v) is 6.14. The first-order valence-corrected chi connectivity index (χ1v) is 17.0. The van der Waals surface area contributed by atoms with Crippen LogP contribution in [0, 0.1) is 0 Å². The van der Waals surface area contributed by atoms with E-state index >= 15 is 0 Å². The highest BCUT2D eigenvalue weighted by atomic mass is 16.7. The molecule has 1 amide bonds. The van der Waals surface area contributed by atoms with Crippen molar-refractivity contribution < 1.29 is 33.3 Å². The van der Waals surface area contributed by atoms with Gasteiger partial charge in [0.05, 0.1) is 29.2 Å². The molecular weight excluding hydrogens is 640 g/mol. The molecule has 1 fully saturated rings. The lowest BCUT2D eigenvalue weighted by molar-refractivity contribution is 0.0126. The van der Waals surface area contributed by atoms with Gasteiger partial charge in [-0.05, 0) is 96.6 Å². The van der Waals surface area contributed by atoms with Crippen LogP contribution in [0.1, 0.15) is 84.6 Å². The van der Waals surface area contributed by atoms with Crippen molar-refractivity contribution in [3.63, 3.8) is 0 Å². The van der Waals surface area contributed by atoms with E-state index in [9.17, 15) is 9.59 Å². The Morgan fingerprint density at radius 3 is 2.44 bits per heavy atom. The Balaban J connectivity index is 1.38. The third-order valence-electron chi connectivity index (χ3n) is 8.41. The van der Waals surface area contributed by atoms with E-state index in [-0.39, 0.29) is 19.0 Å². The van der Waals surface area contributed by atoms with Crippen LogP contribution in [0.3, 0.4) is 0 Å². The van der Waals surface area contributed by atoms with Gasteiger partial charge in [-0.25, -0.2) is 9.59 Å². The fourth-order valence-electron chi connectivity index (χ4n) is 6.14. The van der Waals surface area contributed by atoms with E-state index in [0.717, 1.165) is 53.8 Å². The zero-order chi connectivity index (χ0) is 35.6. The van der Waals surface area contributed by atoms with Crippen LogP contribution in [0.2, 0.25) is 0 Å². The first-order chi connectivity index (χ1) is 23.8. The first kappa shape index (κ1) is 35.1. The molecule has 0 aliphatic carbocycles. The average molecular weight is 687 g/mol. The fraction of sp³-hybridized carbons (Fsp3) is 0.486. The highest BCUT2D eigenvalue weighted by Crippen LogP contribution is 2.39. The summed E-state index contributed by atoms with van der Waals surface area (Å²) in [6, 6.07) is 7.66. The molecular formula is C37H46N6O7. The first-order valence-electron chi connectivity index (χ1n) is 17.0. The van der Waals surface area contributed by atoms with Gasteiger partial charge in [0.2, 0.25) is 0 Å². The molecule has 6 rings (SSSR count). The van der Waals surface area contributed by atoms with Crippen LogP contribution in [0.25, 0.3) is 39.0 Å². The summed E-state index contributed by atoms with van der Waals surface area (Å²) in [6.07, 6.45) is 8.18. The van der Waals surface area contributed by atoms with E-state index in [2.05, 4.69) is 20.4 Å². The normalized spacial score (nSPS) is 17.1. The van der Waals surface area contributed by atoms with E-state index in [1.54, 1.807) is 24.4 Å². The minimum Gasteiger partial charge on any atom is -0.467 e. The number of nitrogens with one attached hydrogen (secondary N) is 1. The van der Waals surface area contributed by atoms with Gasteiger partial charge < -0.3 is 28.6 Å². The van der Waals surface area contributed by atoms with Crippen molar-refractivity contribution >= 4 is 28.8 Å². The predicted molar refractivity (Wildman–Crippen MR) is 188 cm³/mol. The Morgan fingerprint density at radius 2 is 1.76 bits per heavy atom. The maximum Gasteiger partial charge on any atom is 0.419 e. The number of carbonyl (C=O) groups is 2. The SMILES string of the molecule is COCOc1cc(-c2cn[nH]c2C2CCCCO2)ccc1-c1cc2c(nn1)c(C1=CCN(C(=O)OC(C)(C)C)CC1)cn2C(=O)OC(C)(C)C. The molecule has 1 aromatic carbocycles. The molecule has 0 spiro atoms. The smallest absolute Gasteiger partial charge is 0.419 e. The topological polar surface area (TPSA) is 143 Å². The van der Waals surface area contributed by atoms with Crippen LogP contribution in [0.5, 0.6) is 5.75 Å². The zero-order valence-electron chi connectivity index (χ0n) is 29.9. The molecule has 3 aromatic heterocycles. The van der Waals surface area contributed by atoms with E-state index < -0.39 is 17.3 Å². The van der Waals surface area contributed by atoms with Crippen molar-refractivity contribution in [1.82, 2.24) is 29.9 Å². The van der Waals surface area contributed by atoms with Gasteiger partial charge in [-0.1, -0.05) is 12.1 Å². The summed E-state index contributed by atoms with van der Waals surface area (Å²) in [7, 11) is 1.56. The van der Waals surface area contributed by atoms with E-state index in [4.69, 9.17) is 23.7 Å². The Hall–Kier alpha value is -4.75. The molecule has 50 heavy (non-hydrogen) atoms. The quantitative estimate of drug-likeness (QED) is 0.194. The number of hydrogen-bond acceptors (Lipinski definition) is 10. The highest BCUT2D eigenvalue weighted by Gasteiger charge is 2.28. The number of aromatic nitrogens is 5. The predicted octanol–water partition coefficient (Wildman–Crippen LogP) is 7.52. The zero-order valence-corrected chi connectivity index (χ0v) is 29.9. The largest absolute Gasteiger partial charge is 0.467 e. The van der Waals surface area contributed by atoms with Crippen molar-refractivity contribution in [1.29, 1.82) is 0 Å². The summed E-state index contributed by atoms with van der Waals surface area (Å²) in [4.78, 5) is 27.9. The number of aromatic amines is 1. The Kier molecular flexibility index (Phi) is 9.99. The number of rotatable bonds is 7. The van der Waals surface area contributed by atoms with Crippen LogP contribution in [0.15, 0.2) is 42.7 Å². The minimum atomic E-state index is -0.721. The average Bonchev–Trinajstić information content (AvgIpc) is 3.72. The second-order valence-corrected chi connectivity index (χ2v) is 14.6. The number of hydrogen-bond donors (Lipinski definition) is 1. The van der Waals surface area contributed by atoms with Gasteiger partial charge in [0.15, 0.2) is 6.79 Å². The molecule has 0 bridgehead atoms. The maximum atomic E-state index is 13.6. The van der Waals surface area contributed by atoms with Gasteiger partial charge in [0, 0.05) is 49.7 Å². The highest BCUT2D eigenvalue weighted by molar-refractivity contribution is 5.97. The molecule has 5 heterocycles. The molecule has 13 heteroatoms. The van der Waals surface area contributed by atoms with Crippen molar-refractivity contribution in [2.75, 3.05) is 33.6 Å². The number of benzene rings is 1. The van der Waals surface area contributed by atoms with Gasteiger partial charge in [-0.2, -0.15) is 5.10 Å². The molecule has 266 valence electrons. The molecule has 1 unspecified atom stereocenters. The summed E-state index contributed by atoms with van der Waals surface area (Å²) < 4.78 is 30.2. The second-order valence-electron chi connectivity index (χ2n) is 14.6. The molecule has 2 aliphatic rings. The number of methoxy groups -OCH3 is 1. The molecule has 2 aliphatic heterocycles. The molecule has 4 aromatic rings. The van der Waals surface area contributed by atoms with Gasteiger partial charge in [-0.15, -0.1) is 10.2 Å². The number of H-pyrrole nitrogens is 1.